The highest BCUT2D eigenvalue weighted by atomic mass is 32.2. The maximum atomic E-state index is 12.1. The summed E-state index contributed by atoms with van der Waals surface area (Å²) in [5, 5.41) is 5.77. The van der Waals surface area contributed by atoms with Gasteiger partial charge in [-0.3, -0.25) is 4.79 Å². The van der Waals surface area contributed by atoms with Gasteiger partial charge in [-0.05, 0) is 25.0 Å². The minimum Gasteiger partial charge on any atom is -0.380 e. The van der Waals surface area contributed by atoms with E-state index in [1.54, 1.807) is 6.07 Å². The Labute approximate surface area is 140 Å². The largest absolute Gasteiger partial charge is 0.380 e. The molecule has 132 valence electrons. The number of sulfone groups is 2. The average Bonchev–Trinajstić information content (AvgIpc) is 3.01. The maximum absolute atomic E-state index is 12.1. The Balaban J connectivity index is 1.57. The lowest BCUT2D eigenvalue weighted by Crippen LogP contribution is -2.36. The molecule has 0 aliphatic carbocycles. The zero-order chi connectivity index (χ0) is 17.4. The Bertz CT molecular complexity index is 834. The maximum Gasteiger partial charge on any atom is 0.270 e. The Hall–Kier alpha value is -1.68. The van der Waals surface area contributed by atoms with Crippen LogP contribution in [0.3, 0.4) is 0 Å². The fraction of sp³-hybridized carbons (Fsp3) is 0.571. The lowest BCUT2D eigenvalue weighted by atomic mass is 10.2. The summed E-state index contributed by atoms with van der Waals surface area (Å²) >= 11 is 0. The minimum atomic E-state index is -3.05. The Morgan fingerprint density at radius 3 is 2.12 bits per heavy atom. The molecule has 2 aliphatic heterocycles. The summed E-state index contributed by atoms with van der Waals surface area (Å²) < 4.78 is 45.7. The third kappa shape index (κ3) is 4.23. The minimum absolute atomic E-state index is 0.0332. The third-order valence-electron chi connectivity index (χ3n) is 4.17. The number of carbonyl (C=O) groups excluding carboxylic acids is 1. The van der Waals surface area contributed by atoms with Crippen LogP contribution in [-0.2, 0) is 19.7 Å². The summed E-state index contributed by atoms with van der Waals surface area (Å²) in [6.07, 6.45) is 2.45. The standard InChI is InChI=1S/C14H19N3O5S2/c18-14(17-12-4-6-24(21,22)9-12)13-2-1-10(7-15-13)16-11-3-5-23(19,20)8-11/h1-2,7,11-12,16H,3-6,8-9H2,(H,17,18). The van der Waals surface area contributed by atoms with Gasteiger partial charge in [0.15, 0.2) is 19.7 Å². The van der Waals surface area contributed by atoms with Gasteiger partial charge in [0, 0.05) is 12.1 Å². The van der Waals surface area contributed by atoms with Gasteiger partial charge in [-0.2, -0.15) is 0 Å². The molecule has 2 saturated heterocycles. The van der Waals surface area contributed by atoms with Crippen LogP contribution >= 0.6 is 0 Å². The van der Waals surface area contributed by atoms with E-state index in [4.69, 9.17) is 0 Å². The summed E-state index contributed by atoms with van der Waals surface area (Å²) in [5.41, 5.74) is 0.848. The number of nitrogens with one attached hydrogen (secondary N) is 2. The Kier molecular flexibility index (Phi) is 4.52. The van der Waals surface area contributed by atoms with E-state index in [1.807, 2.05) is 0 Å². The number of carbonyl (C=O) groups is 1. The molecule has 2 atom stereocenters. The molecule has 24 heavy (non-hydrogen) atoms. The molecule has 2 N–H and O–H groups in total. The molecule has 3 rings (SSSR count). The fourth-order valence-electron chi connectivity index (χ4n) is 2.93. The van der Waals surface area contributed by atoms with E-state index in [-0.39, 0.29) is 40.8 Å². The van der Waals surface area contributed by atoms with E-state index in [1.165, 1.54) is 12.3 Å². The van der Waals surface area contributed by atoms with Crippen molar-refractivity contribution in [3.8, 4) is 0 Å². The van der Waals surface area contributed by atoms with Gasteiger partial charge in [0.05, 0.1) is 34.9 Å². The van der Waals surface area contributed by atoms with Crippen LogP contribution in [0, 0.1) is 0 Å². The summed E-state index contributed by atoms with van der Waals surface area (Å²) in [4.78, 5) is 16.1. The van der Waals surface area contributed by atoms with E-state index >= 15 is 0 Å². The molecule has 0 bridgehead atoms. The summed E-state index contributed by atoms with van der Waals surface area (Å²) in [6.45, 7) is 0. The van der Waals surface area contributed by atoms with Crippen molar-refractivity contribution in [3.63, 3.8) is 0 Å². The second kappa shape index (κ2) is 6.32. The van der Waals surface area contributed by atoms with Crippen molar-refractivity contribution in [2.75, 3.05) is 28.3 Å². The number of pyridine rings is 1. The Morgan fingerprint density at radius 2 is 1.62 bits per heavy atom. The van der Waals surface area contributed by atoms with Crippen molar-refractivity contribution in [2.45, 2.75) is 24.9 Å². The lowest BCUT2D eigenvalue weighted by molar-refractivity contribution is 0.0936. The molecule has 0 saturated carbocycles. The number of amides is 1. The van der Waals surface area contributed by atoms with Crippen LogP contribution in [0.25, 0.3) is 0 Å². The average molecular weight is 373 g/mol. The number of rotatable bonds is 4. The smallest absolute Gasteiger partial charge is 0.270 e. The first-order chi connectivity index (χ1) is 11.2. The highest BCUT2D eigenvalue weighted by Crippen LogP contribution is 2.17. The van der Waals surface area contributed by atoms with Crippen LogP contribution in [0.15, 0.2) is 18.3 Å². The van der Waals surface area contributed by atoms with Crippen LogP contribution < -0.4 is 10.6 Å². The van der Waals surface area contributed by atoms with E-state index in [9.17, 15) is 21.6 Å². The van der Waals surface area contributed by atoms with Crippen LogP contribution in [0.5, 0.6) is 0 Å². The molecule has 8 nitrogen and oxygen atoms in total. The third-order valence-corrected chi connectivity index (χ3v) is 7.70. The molecular weight excluding hydrogens is 354 g/mol. The van der Waals surface area contributed by atoms with Gasteiger partial charge in [0.25, 0.3) is 5.91 Å². The Morgan fingerprint density at radius 1 is 1.00 bits per heavy atom. The van der Waals surface area contributed by atoms with E-state index in [2.05, 4.69) is 15.6 Å². The second-order valence-electron chi connectivity index (χ2n) is 6.25. The molecule has 1 amide bonds. The molecule has 2 fully saturated rings. The molecule has 10 heteroatoms. The van der Waals surface area contributed by atoms with Crippen molar-refractivity contribution in [1.29, 1.82) is 0 Å². The first kappa shape index (κ1) is 17.2. The van der Waals surface area contributed by atoms with Gasteiger partial charge >= 0.3 is 0 Å². The van der Waals surface area contributed by atoms with Crippen molar-refractivity contribution in [3.05, 3.63) is 24.0 Å². The number of aromatic nitrogens is 1. The van der Waals surface area contributed by atoms with Crippen LogP contribution in [0.2, 0.25) is 0 Å². The van der Waals surface area contributed by atoms with Crippen molar-refractivity contribution < 1.29 is 21.6 Å². The molecule has 2 unspecified atom stereocenters. The first-order valence-electron chi connectivity index (χ1n) is 7.67. The molecule has 3 heterocycles. The van der Waals surface area contributed by atoms with Gasteiger partial charge in [-0.1, -0.05) is 0 Å². The van der Waals surface area contributed by atoms with E-state index < -0.39 is 25.6 Å². The second-order valence-corrected chi connectivity index (χ2v) is 10.7. The van der Waals surface area contributed by atoms with Crippen molar-refractivity contribution in [1.82, 2.24) is 10.3 Å². The highest BCUT2D eigenvalue weighted by Gasteiger charge is 2.30. The predicted octanol–water partition coefficient (Wildman–Crippen LogP) is -0.402. The predicted molar refractivity (Wildman–Crippen MR) is 89.4 cm³/mol. The first-order valence-corrected chi connectivity index (χ1v) is 11.3. The lowest BCUT2D eigenvalue weighted by Gasteiger charge is -2.13. The number of anilines is 1. The van der Waals surface area contributed by atoms with E-state index in [0.717, 1.165) is 0 Å². The van der Waals surface area contributed by atoms with Crippen LogP contribution in [-0.4, -0.2) is 62.8 Å². The molecule has 0 spiro atoms. The summed E-state index contributed by atoms with van der Waals surface area (Å²) in [6, 6.07) is 2.69. The monoisotopic (exact) mass is 373 g/mol. The molecular formula is C14H19N3O5S2. The van der Waals surface area contributed by atoms with Crippen LogP contribution in [0.4, 0.5) is 5.69 Å². The topological polar surface area (TPSA) is 122 Å². The molecule has 2 aliphatic rings. The normalized spacial score (nSPS) is 27.7. The van der Waals surface area contributed by atoms with Gasteiger partial charge in [0.1, 0.15) is 5.69 Å². The highest BCUT2D eigenvalue weighted by molar-refractivity contribution is 7.91. The fourth-order valence-corrected chi connectivity index (χ4v) is 6.27. The SMILES string of the molecule is O=C(NC1CCS(=O)(=O)C1)c1ccc(NC2CCS(=O)(=O)C2)cn1. The van der Waals surface area contributed by atoms with Crippen LogP contribution in [0.1, 0.15) is 23.3 Å². The zero-order valence-corrected chi connectivity index (χ0v) is 14.6. The zero-order valence-electron chi connectivity index (χ0n) is 12.9. The molecule has 0 aromatic carbocycles. The molecule has 0 radical (unpaired) electrons. The van der Waals surface area contributed by atoms with Gasteiger partial charge in [0.2, 0.25) is 0 Å². The summed E-state index contributed by atoms with van der Waals surface area (Å²) in [7, 11) is -6.00. The molecule has 1 aromatic heterocycles. The number of hydrogen-bond donors (Lipinski definition) is 2. The van der Waals surface area contributed by atoms with Crippen molar-refractivity contribution >= 4 is 31.3 Å². The quantitative estimate of drug-likeness (QED) is 0.736. The number of hydrogen-bond acceptors (Lipinski definition) is 7. The van der Waals surface area contributed by atoms with E-state index in [0.29, 0.717) is 18.5 Å². The number of nitrogens with zero attached hydrogens (tertiary/aromatic N) is 1. The van der Waals surface area contributed by atoms with Gasteiger partial charge in [-0.15, -0.1) is 0 Å². The molecule has 1 aromatic rings. The van der Waals surface area contributed by atoms with Crippen molar-refractivity contribution in [2.24, 2.45) is 0 Å². The van der Waals surface area contributed by atoms with Gasteiger partial charge in [-0.25, -0.2) is 21.8 Å². The summed E-state index contributed by atoms with van der Waals surface area (Å²) in [5.74, 6) is -0.0616. The van der Waals surface area contributed by atoms with Gasteiger partial charge < -0.3 is 10.6 Å².